The second kappa shape index (κ2) is 10.5. The Morgan fingerprint density at radius 2 is 1.62 bits per heavy atom. The normalized spacial score (nSPS) is 23.8. The predicted molar refractivity (Wildman–Crippen MR) is 110 cm³/mol. The van der Waals surface area contributed by atoms with E-state index in [4.69, 9.17) is 4.74 Å². The van der Waals surface area contributed by atoms with Crippen LogP contribution in [0.2, 0.25) is 0 Å². The van der Waals surface area contributed by atoms with Gasteiger partial charge in [-0.2, -0.15) is 0 Å². The minimum absolute atomic E-state index is 0.0330. The number of rotatable bonds is 9. The number of likely N-dealkylation sites (N-methyl/N-ethyl adjacent to an activating group) is 1. The van der Waals surface area contributed by atoms with Gasteiger partial charge < -0.3 is 35.4 Å². The van der Waals surface area contributed by atoms with Gasteiger partial charge in [0.2, 0.25) is 5.91 Å². The van der Waals surface area contributed by atoms with E-state index in [2.05, 4.69) is 10.6 Å². The van der Waals surface area contributed by atoms with Crippen LogP contribution in [0.25, 0.3) is 0 Å². The molecule has 4 atom stereocenters. The number of anilines is 1. The van der Waals surface area contributed by atoms with E-state index < -0.39 is 24.4 Å². The van der Waals surface area contributed by atoms with Crippen molar-refractivity contribution in [2.45, 2.75) is 30.8 Å². The van der Waals surface area contributed by atoms with Crippen molar-refractivity contribution in [3.63, 3.8) is 0 Å². The van der Waals surface area contributed by atoms with E-state index >= 15 is 0 Å². The Morgan fingerprint density at radius 3 is 2.21 bits per heavy atom. The smallest absolute Gasteiger partial charge is 0.251 e. The molecule has 0 unspecified atom stereocenters. The molecule has 9 nitrogen and oxygen atoms in total. The quantitative estimate of drug-likeness (QED) is 0.416. The van der Waals surface area contributed by atoms with Crippen LogP contribution in [0.15, 0.2) is 24.3 Å². The fourth-order valence-corrected chi connectivity index (χ4v) is 3.04. The molecule has 9 heteroatoms. The van der Waals surface area contributed by atoms with Crippen molar-refractivity contribution in [1.29, 1.82) is 0 Å². The lowest BCUT2D eigenvalue weighted by atomic mass is 10.1. The highest BCUT2D eigenvalue weighted by molar-refractivity contribution is 5.94. The molecule has 1 aliphatic rings. The van der Waals surface area contributed by atoms with Gasteiger partial charge in [-0.15, -0.1) is 0 Å². The minimum Gasteiger partial charge on any atom is -0.388 e. The Kier molecular flexibility index (Phi) is 8.39. The maximum Gasteiger partial charge on any atom is 0.251 e. The van der Waals surface area contributed by atoms with Crippen LogP contribution < -0.4 is 15.5 Å². The lowest BCUT2D eigenvalue weighted by Crippen LogP contribution is -2.40. The second-order valence-corrected chi connectivity index (χ2v) is 7.70. The zero-order valence-corrected chi connectivity index (χ0v) is 17.5. The molecule has 1 aliphatic heterocycles. The summed E-state index contributed by atoms with van der Waals surface area (Å²) in [6, 6.07) is 7.10. The van der Waals surface area contributed by atoms with E-state index in [1.807, 2.05) is 50.1 Å². The average molecular weight is 408 g/mol. The van der Waals surface area contributed by atoms with Crippen molar-refractivity contribution in [1.82, 2.24) is 15.5 Å². The Hall–Kier alpha value is -2.20. The average Bonchev–Trinajstić information content (AvgIpc) is 2.93. The summed E-state index contributed by atoms with van der Waals surface area (Å²) in [5.74, 6) is -0.556. The first-order valence-electron chi connectivity index (χ1n) is 9.67. The number of nitrogens with one attached hydrogen (secondary N) is 2. The van der Waals surface area contributed by atoms with Gasteiger partial charge in [0, 0.05) is 45.0 Å². The third-order valence-corrected chi connectivity index (χ3v) is 4.84. The van der Waals surface area contributed by atoms with Crippen LogP contribution in [0.1, 0.15) is 16.8 Å². The molecule has 29 heavy (non-hydrogen) atoms. The number of aliphatic hydroxyl groups is 2. The van der Waals surface area contributed by atoms with Gasteiger partial charge in [-0.05, 0) is 38.4 Å². The van der Waals surface area contributed by atoms with Gasteiger partial charge in [0.25, 0.3) is 5.91 Å². The molecular formula is C20H32N4O5. The summed E-state index contributed by atoms with van der Waals surface area (Å²) >= 11 is 0. The second-order valence-electron chi connectivity index (χ2n) is 7.70. The Morgan fingerprint density at radius 1 is 1.00 bits per heavy atom. The van der Waals surface area contributed by atoms with E-state index in [0.717, 1.165) is 5.69 Å². The molecule has 0 aliphatic carbocycles. The van der Waals surface area contributed by atoms with E-state index in [1.54, 1.807) is 12.1 Å². The number of amides is 2. The van der Waals surface area contributed by atoms with Crippen molar-refractivity contribution >= 4 is 17.5 Å². The monoisotopic (exact) mass is 408 g/mol. The summed E-state index contributed by atoms with van der Waals surface area (Å²) in [5.41, 5.74) is 1.46. The lowest BCUT2D eigenvalue weighted by molar-refractivity contribution is -0.125. The number of aliphatic hydroxyl groups excluding tert-OH is 2. The molecule has 0 radical (unpaired) electrons. The van der Waals surface area contributed by atoms with E-state index in [0.29, 0.717) is 18.7 Å². The maximum atomic E-state index is 12.3. The van der Waals surface area contributed by atoms with E-state index in [9.17, 15) is 19.8 Å². The molecule has 162 valence electrons. The van der Waals surface area contributed by atoms with Crippen LogP contribution in [0, 0.1) is 0 Å². The number of hydrogen-bond donors (Lipinski definition) is 4. The summed E-state index contributed by atoms with van der Waals surface area (Å²) in [6.45, 7) is 1.22. The largest absolute Gasteiger partial charge is 0.388 e. The van der Waals surface area contributed by atoms with Crippen molar-refractivity contribution in [2.75, 3.05) is 52.7 Å². The van der Waals surface area contributed by atoms with Gasteiger partial charge >= 0.3 is 0 Å². The van der Waals surface area contributed by atoms with E-state index in [1.165, 1.54) is 0 Å². The van der Waals surface area contributed by atoms with Gasteiger partial charge in [0.05, 0.1) is 12.5 Å². The highest BCUT2D eigenvalue weighted by Crippen LogP contribution is 2.23. The van der Waals surface area contributed by atoms with Gasteiger partial charge in [-0.3, -0.25) is 9.59 Å². The molecular weight excluding hydrogens is 376 g/mol. The van der Waals surface area contributed by atoms with Crippen LogP contribution in [-0.4, -0.2) is 99.2 Å². The van der Waals surface area contributed by atoms with Crippen molar-refractivity contribution < 1.29 is 24.5 Å². The van der Waals surface area contributed by atoms with Crippen molar-refractivity contribution in [2.24, 2.45) is 0 Å². The molecule has 1 aromatic rings. The van der Waals surface area contributed by atoms with Gasteiger partial charge in [0.1, 0.15) is 18.3 Å². The van der Waals surface area contributed by atoms with Gasteiger partial charge in [-0.1, -0.05) is 0 Å². The zero-order valence-electron chi connectivity index (χ0n) is 17.5. The van der Waals surface area contributed by atoms with Crippen molar-refractivity contribution in [3.8, 4) is 0 Å². The highest BCUT2D eigenvalue weighted by atomic mass is 16.5. The Labute approximate surface area is 171 Å². The summed E-state index contributed by atoms with van der Waals surface area (Å²) in [6.07, 6.45) is -4.01. The van der Waals surface area contributed by atoms with Gasteiger partial charge in [-0.25, -0.2) is 0 Å². The molecule has 4 N–H and O–H groups in total. The number of hydrogen-bond acceptors (Lipinski definition) is 7. The molecule has 1 saturated heterocycles. The maximum absolute atomic E-state index is 12.3. The molecule has 2 amide bonds. The summed E-state index contributed by atoms with van der Waals surface area (Å²) in [5, 5.41) is 25.8. The SMILES string of the molecule is CN(C)CCNC(=O)C[C@H]1O[C@H](CNC(=O)c2ccc(N(C)C)cc2)[C@@H](O)[C@H]1O. The zero-order chi connectivity index (χ0) is 21.6. The summed E-state index contributed by atoms with van der Waals surface area (Å²) in [7, 11) is 7.64. The molecule has 0 aromatic heterocycles. The first-order valence-corrected chi connectivity index (χ1v) is 9.67. The topological polar surface area (TPSA) is 114 Å². The molecule has 0 saturated carbocycles. The Balaban J connectivity index is 1.82. The summed E-state index contributed by atoms with van der Waals surface area (Å²) in [4.78, 5) is 28.2. The molecule has 1 aromatic carbocycles. The number of nitrogens with zero attached hydrogens (tertiary/aromatic N) is 2. The molecule has 2 rings (SSSR count). The molecule has 1 heterocycles. The first-order chi connectivity index (χ1) is 13.7. The number of ether oxygens (including phenoxy) is 1. The van der Waals surface area contributed by atoms with Crippen LogP contribution in [-0.2, 0) is 9.53 Å². The highest BCUT2D eigenvalue weighted by Gasteiger charge is 2.43. The van der Waals surface area contributed by atoms with Crippen LogP contribution in [0.3, 0.4) is 0 Å². The fourth-order valence-electron chi connectivity index (χ4n) is 3.04. The van der Waals surface area contributed by atoms with E-state index in [-0.39, 0.29) is 24.8 Å². The Bertz CT molecular complexity index is 680. The molecule has 0 bridgehead atoms. The number of carbonyl (C=O) groups excluding carboxylic acids is 2. The number of carbonyl (C=O) groups is 2. The molecule has 0 spiro atoms. The van der Waals surface area contributed by atoms with Crippen LogP contribution in [0.4, 0.5) is 5.69 Å². The van der Waals surface area contributed by atoms with Crippen LogP contribution in [0.5, 0.6) is 0 Å². The first kappa shape index (κ1) is 23.1. The van der Waals surface area contributed by atoms with Crippen LogP contribution >= 0.6 is 0 Å². The molecule has 1 fully saturated rings. The van der Waals surface area contributed by atoms with Gasteiger partial charge in [0.15, 0.2) is 0 Å². The number of benzene rings is 1. The van der Waals surface area contributed by atoms with Crippen molar-refractivity contribution in [3.05, 3.63) is 29.8 Å². The minimum atomic E-state index is -1.18. The lowest BCUT2D eigenvalue weighted by Gasteiger charge is -2.16. The standard InChI is InChI=1S/C20H32N4O5/c1-23(2)10-9-21-17(25)11-15-18(26)19(27)16(29-15)12-22-20(28)13-5-7-14(8-6-13)24(3)4/h5-8,15-16,18-19,26-27H,9-12H2,1-4H3,(H,21,25)(H,22,28)/t15-,16-,18+,19-/m1/s1. The third kappa shape index (κ3) is 6.67. The third-order valence-electron chi connectivity index (χ3n) is 4.84. The predicted octanol–water partition coefficient (Wildman–Crippen LogP) is -0.960. The fraction of sp³-hybridized carbons (Fsp3) is 0.600. The summed E-state index contributed by atoms with van der Waals surface area (Å²) < 4.78 is 5.63.